The van der Waals surface area contributed by atoms with Crippen molar-refractivity contribution in [2.45, 2.75) is 38.7 Å². The summed E-state index contributed by atoms with van der Waals surface area (Å²) in [5.74, 6) is 1.66. The van der Waals surface area contributed by atoms with E-state index in [0.29, 0.717) is 11.5 Å². The van der Waals surface area contributed by atoms with E-state index < -0.39 is 0 Å². The molecule has 0 radical (unpaired) electrons. The largest absolute Gasteiger partial charge is 0.378 e. The maximum atomic E-state index is 6.03. The van der Waals surface area contributed by atoms with Crippen LogP contribution in [0.3, 0.4) is 0 Å². The van der Waals surface area contributed by atoms with E-state index in [9.17, 15) is 0 Å². The van der Waals surface area contributed by atoms with E-state index in [0.717, 1.165) is 18.4 Å². The monoisotopic (exact) mass is 188 g/mol. The first-order chi connectivity index (χ1) is 5.77. The molecule has 2 heteroatoms. The Bertz CT molecular complexity index is 157. The predicted octanol–water partition coefficient (Wildman–Crippen LogP) is 2.82. The van der Waals surface area contributed by atoms with Crippen LogP contribution in [0.5, 0.6) is 0 Å². The van der Waals surface area contributed by atoms with E-state index in [1.165, 1.54) is 25.7 Å². The fraction of sp³-hybridized carbons (Fsp3) is 1.00. The lowest BCUT2D eigenvalue weighted by atomic mass is 9.60. The average Bonchev–Trinajstić information content (AvgIpc) is 2.50. The van der Waals surface area contributed by atoms with E-state index in [1.54, 1.807) is 0 Å². The fourth-order valence-corrected chi connectivity index (χ4v) is 3.24. The van der Waals surface area contributed by atoms with Gasteiger partial charge in [-0.3, -0.25) is 0 Å². The van der Waals surface area contributed by atoms with Crippen LogP contribution in [0.1, 0.15) is 32.6 Å². The summed E-state index contributed by atoms with van der Waals surface area (Å²) < 4.78 is 5.72. The first kappa shape index (κ1) is 8.83. The van der Waals surface area contributed by atoms with Crippen LogP contribution in [-0.4, -0.2) is 18.6 Å². The summed E-state index contributed by atoms with van der Waals surface area (Å²) in [5, 5.41) is 0. The van der Waals surface area contributed by atoms with Gasteiger partial charge >= 0.3 is 0 Å². The van der Waals surface area contributed by atoms with Gasteiger partial charge in [0.1, 0.15) is 0 Å². The van der Waals surface area contributed by atoms with Gasteiger partial charge in [0.2, 0.25) is 0 Å². The highest BCUT2D eigenvalue weighted by Crippen LogP contribution is 2.51. The molecule has 70 valence electrons. The van der Waals surface area contributed by atoms with Crippen molar-refractivity contribution in [2.24, 2.45) is 11.3 Å². The van der Waals surface area contributed by atoms with Crippen LogP contribution in [0.15, 0.2) is 0 Å². The van der Waals surface area contributed by atoms with E-state index in [-0.39, 0.29) is 0 Å². The minimum absolute atomic E-state index is 0.359. The molecule has 1 saturated carbocycles. The van der Waals surface area contributed by atoms with Crippen LogP contribution in [0.25, 0.3) is 0 Å². The van der Waals surface area contributed by atoms with Gasteiger partial charge in [-0.05, 0) is 31.6 Å². The topological polar surface area (TPSA) is 9.23 Å². The fourth-order valence-electron chi connectivity index (χ4n) is 2.85. The number of hydrogen-bond acceptors (Lipinski definition) is 1. The Balaban J connectivity index is 1.98. The molecule has 0 N–H and O–H groups in total. The van der Waals surface area contributed by atoms with Gasteiger partial charge in [0, 0.05) is 17.9 Å². The van der Waals surface area contributed by atoms with Crippen molar-refractivity contribution in [3.8, 4) is 0 Å². The number of ether oxygens (including phenoxy) is 1. The zero-order valence-electron chi connectivity index (χ0n) is 7.68. The van der Waals surface area contributed by atoms with Crippen molar-refractivity contribution >= 4 is 11.6 Å². The Hall–Kier alpha value is 0.250. The Labute approximate surface area is 79.4 Å². The molecule has 2 rings (SSSR count). The van der Waals surface area contributed by atoms with Crippen LogP contribution in [0.4, 0.5) is 0 Å². The molecule has 0 amide bonds. The number of hydrogen-bond donors (Lipinski definition) is 0. The number of alkyl halides is 1. The van der Waals surface area contributed by atoms with Crippen LogP contribution >= 0.6 is 11.6 Å². The Morgan fingerprint density at radius 1 is 1.50 bits per heavy atom. The molecule has 0 aromatic carbocycles. The van der Waals surface area contributed by atoms with Crippen LogP contribution in [0.2, 0.25) is 0 Å². The van der Waals surface area contributed by atoms with Gasteiger partial charge in [0.25, 0.3) is 0 Å². The lowest BCUT2D eigenvalue weighted by Crippen LogP contribution is -2.46. The molecule has 1 saturated heterocycles. The van der Waals surface area contributed by atoms with Crippen LogP contribution in [0, 0.1) is 11.3 Å². The molecule has 12 heavy (non-hydrogen) atoms. The van der Waals surface area contributed by atoms with Crippen molar-refractivity contribution in [3.05, 3.63) is 0 Å². The number of rotatable bonds is 2. The van der Waals surface area contributed by atoms with Gasteiger partial charge in [-0.25, -0.2) is 0 Å². The minimum Gasteiger partial charge on any atom is -0.378 e. The summed E-state index contributed by atoms with van der Waals surface area (Å²) in [6, 6.07) is 0. The average molecular weight is 189 g/mol. The quantitative estimate of drug-likeness (QED) is 0.606. The molecule has 2 aliphatic rings. The Morgan fingerprint density at radius 3 is 2.67 bits per heavy atom. The van der Waals surface area contributed by atoms with Crippen molar-refractivity contribution in [3.63, 3.8) is 0 Å². The van der Waals surface area contributed by atoms with Gasteiger partial charge in [-0.2, -0.15) is 0 Å². The second kappa shape index (κ2) is 3.19. The van der Waals surface area contributed by atoms with Gasteiger partial charge in [-0.1, -0.05) is 6.92 Å². The normalized spacial score (nSPS) is 47.5. The van der Waals surface area contributed by atoms with Crippen molar-refractivity contribution in [1.29, 1.82) is 0 Å². The predicted molar refractivity (Wildman–Crippen MR) is 50.5 cm³/mol. The summed E-state index contributed by atoms with van der Waals surface area (Å²) in [5.41, 5.74) is 0.359. The second-order valence-electron chi connectivity index (χ2n) is 4.51. The summed E-state index contributed by atoms with van der Waals surface area (Å²) in [6.45, 7) is 3.26. The van der Waals surface area contributed by atoms with Crippen molar-refractivity contribution < 1.29 is 4.74 Å². The molecule has 1 nitrogen and oxygen atoms in total. The van der Waals surface area contributed by atoms with Crippen molar-refractivity contribution in [2.75, 3.05) is 12.5 Å². The summed E-state index contributed by atoms with van der Waals surface area (Å²) in [6.07, 6.45) is 5.51. The summed E-state index contributed by atoms with van der Waals surface area (Å²) in [7, 11) is 0. The number of halogens is 1. The van der Waals surface area contributed by atoms with Gasteiger partial charge in [0.15, 0.2) is 0 Å². The third-order valence-electron chi connectivity index (χ3n) is 3.39. The third-order valence-corrected chi connectivity index (χ3v) is 3.92. The molecule has 0 aromatic rings. The molecule has 1 aliphatic heterocycles. The lowest BCUT2D eigenvalue weighted by molar-refractivity contribution is -0.0608. The van der Waals surface area contributed by atoms with E-state index in [2.05, 4.69) is 6.92 Å². The molecule has 0 spiro atoms. The molecule has 1 atom stereocenters. The van der Waals surface area contributed by atoms with E-state index >= 15 is 0 Å². The van der Waals surface area contributed by atoms with Gasteiger partial charge < -0.3 is 4.74 Å². The van der Waals surface area contributed by atoms with Crippen LogP contribution < -0.4 is 0 Å². The highest BCUT2D eigenvalue weighted by atomic mass is 35.5. The maximum Gasteiger partial charge on any atom is 0.0643 e. The van der Waals surface area contributed by atoms with Gasteiger partial charge in [0.05, 0.1) is 6.10 Å². The molecule has 0 bridgehead atoms. The van der Waals surface area contributed by atoms with E-state index in [4.69, 9.17) is 16.3 Å². The summed E-state index contributed by atoms with van der Waals surface area (Å²) in [4.78, 5) is 0. The van der Waals surface area contributed by atoms with Crippen molar-refractivity contribution in [1.82, 2.24) is 0 Å². The third kappa shape index (κ3) is 1.27. The zero-order chi connectivity index (χ0) is 8.60. The van der Waals surface area contributed by atoms with Gasteiger partial charge in [-0.15, -0.1) is 11.6 Å². The first-order valence-corrected chi connectivity index (χ1v) is 5.48. The highest BCUT2D eigenvalue weighted by Gasteiger charge is 2.48. The molecular weight excluding hydrogens is 172 g/mol. The molecule has 0 aromatic heterocycles. The van der Waals surface area contributed by atoms with E-state index in [1.807, 2.05) is 0 Å². The standard InChI is InChI=1S/C10H17ClO/c1-8-5-10(6-8,7-11)9-3-2-4-12-9/h8-9H,2-7H2,1H3. The highest BCUT2D eigenvalue weighted by molar-refractivity contribution is 6.18. The maximum absolute atomic E-state index is 6.03. The molecule has 1 heterocycles. The molecule has 1 unspecified atom stereocenters. The lowest BCUT2D eigenvalue weighted by Gasteiger charge is -2.48. The molecule has 2 fully saturated rings. The minimum atomic E-state index is 0.359. The zero-order valence-corrected chi connectivity index (χ0v) is 8.44. The Kier molecular flexibility index (Phi) is 2.35. The smallest absolute Gasteiger partial charge is 0.0643 e. The summed E-state index contributed by atoms with van der Waals surface area (Å²) >= 11 is 6.03. The SMILES string of the molecule is CC1CC(CCl)(C2CCCO2)C1. The second-order valence-corrected chi connectivity index (χ2v) is 4.78. The Morgan fingerprint density at radius 2 is 2.25 bits per heavy atom. The van der Waals surface area contributed by atoms with Crippen LogP contribution in [-0.2, 0) is 4.74 Å². The molecule has 1 aliphatic carbocycles. The first-order valence-electron chi connectivity index (χ1n) is 4.94. The molecular formula is C10H17ClO.